The zero-order valence-corrected chi connectivity index (χ0v) is 20.4. The summed E-state index contributed by atoms with van der Waals surface area (Å²) in [6.07, 6.45) is 0. The first-order valence-corrected chi connectivity index (χ1v) is 11.5. The maximum absolute atomic E-state index is 13.7. The molecule has 0 spiro atoms. The molecule has 1 amide bonds. The molecule has 1 aliphatic rings. The number of carbonyl (C=O) groups is 1. The van der Waals surface area contributed by atoms with Crippen molar-refractivity contribution >= 4 is 5.91 Å². The maximum atomic E-state index is 13.7. The van der Waals surface area contributed by atoms with Crippen molar-refractivity contribution in [3.63, 3.8) is 0 Å². The van der Waals surface area contributed by atoms with Gasteiger partial charge in [0.25, 0.3) is 5.91 Å². The summed E-state index contributed by atoms with van der Waals surface area (Å²) in [6.45, 7) is 4.02. The third kappa shape index (κ3) is 3.84. The summed E-state index contributed by atoms with van der Waals surface area (Å²) >= 11 is 0. The molecule has 0 fully saturated rings. The summed E-state index contributed by atoms with van der Waals surface area (Å²) in [5, 5.41) is 18.3. The fourth-order valence-electron chi connectivity index (χ4n) is 4.86. The molecule has 36 heavy (non-hydrogen) atoms. The molecule has 1 aliphatic heterocycles. The second-order valence-electron chi connectivity index (χ2n) is 8.92. The Balaban J connectivity index is 1.70. The van der Waals surface area contributed by atoms with E-state index in [1.807, 2.05) is 38.1 Å². The summed E-state index contributed by atoms with van der Waals surface area (Å²) in [7, 11) is 3.12. The Hall–Kier alpha value is -4.33. The van der Waals surface area contributed by atoms with Gasteiger partial charge in [-0.1, -0.05) is 24.3 Å². The van der Waals surface area contributed by atoms with Crippen LogP contribution in [0, 0.1) is 19.7 Å². The van der Waals surface area contributed by atoms with Gasteiger partial charge >= 0.3 is 0 Å². The number of aromatic nitrogens is 2. The van der Waals surface area contributed by atoms with Crippen molar-refractivity contribution in [1.82, 2.24) is 15.1 Å². The first kappa shape index (κ1) is 23.4. The highest BCUT2D eigenvalue weighted by atomic mass is 19.1. The van der Waals surface area contributed by atoms with E-state index < -0.39 is 6.04 Å². The lowest BCUT2D eigenvalue weighted by molar-refractivity contribution is 0.0730. The fourth-order valence-corrected chi connectivity index (χ4v) is 4.86. The molecular weight excluding hydrogens is 461 g/mol. The van der Waals surface area contributed by atoms with Crippen LogP contribution in [0.4, 0.5) is 4.39 Å². The number of hydrogen-bond donors (Lipinski definition) is 2. The van der Waals surface area contributed by atoms with Gasteiger partial charge in [-0.05, 0) is 66.4 Å². The van der Waals surface area contributed by atoms with Crippen LogP contribution < -0.4 is 9.47 Å². The van der Waals surface area contributed by atoms with Gasteiger partial charge in [0.1, 0.15) is 23.0 Å². The molecule has 7 nitrogen and oxygen atoms in total. The number of aromatic amines is 1. The number of ether oxygens (including phenoxy) is 2. The van der Waals surface area contributed by atoms with Crippen LogP contribution in [0.3, 0.4) is 0 Å². The van der Waals surface area contributed by atoms with Crippen molar-refractivity contribution in [2.75, 3.05) is 14.2 Å². The summed E-state index contributed by atoms with van der Waals surface area (Å²) in [6, 6.07) is 14.8. The van der Waals surface area contributed by atoms with E-state index in [-0.39, 0.29) is 24.0 Å². The van der Waals surface area contributed by atoms with Crippen LogP contribution in [-0.2, 0) is 6.54 Å². The van der Waals surface area contributed by atoms with Gasteiger partial charge in [0.2, 0.25) is 0 Å². The number of fused-ring (bicyclic) bond motifs is 1. The highest BCUT2D eigenvalue weighted by Crippen LogP contribution is 2.47. The summed E-state index contributed by atoms with van der Waals surface area (Å²) < 4.78 is 24.5. The van der Waals surface area contributed by atoms with E-state index in [0.29, 0.717) is 34.0 Å². The number of phenolic OH excluding ortho intramolecular Hbond substituents is 1. The summed E-state index contributed by atoms with van der Waals surface area (Å²) in [5.74, 6) is 0.624. The van der Waals surface area contributed by atoms with Crippen molar-refractivity contribution in [3.05, 3.63) is 93.9 Å². The van der Waals surface area contributed by atoms with Gasteiger partial charge in [0.15, 0.2) is 11.5 Å². The number of carbonyl (C=O) groups excluding carboxylic acids is 1. The zero-order chi connectivity index (χ0) is 25.6. The normalized spacial score (nSPS) is 14.8. The smallest absolute Gasteiger partial charge is 0.273 e. The van der Waals surface area contributed by atoms with Crippen molar-refractivity contribution in [2.45, 2.75) is 26.4 Å². The van der Waals surface area contributed by atoms with Crippen LogP contribution in [0.5, 0.6) is 17.2 Å². The second-order valence-corrected chi connectivity index (χ2v) is 8.92. The van der Waals surface area contributed by atoms with Crippen LogP contribution in [0.1, 0.15) is 44.3 Å². The largest absolute Gasteiger partial charge is 0.507 e. The molecule has 3 aromatic carbocycles. The zero-order valence-electron chi connectivity index (χ0n) is 20.4. The van der Waals surface area contributed by atoms with Crippen LogP contribution in [-0.4, -0.2) is 40.3 Å². The number of rotatable bonds is 6. The molecular formula is C28H26FN3O4. The predicted molar refractivity (Wildman–Crippen MR) is 133 cm³/mol. The first-order valence-electron chi connectivity index (χ1n) is 11.5. The number of phenols is 1. The Morgan fingerprint density at radius 3 is 2.44 bits per heavy atom. The topological polar surface area (TPSA) is 87.7 Å². The van der Waals surface area contributed by atoms with Gasteiger partial charge in [-0.15, -0.1) is 0 Å². The van der Waals surface area contributed by atoms with E-state index in [9.17, 15) is 14.3 Å². The molecule has 2 N–H and O–H groups in total. The van der Waals surface area contributed by atoms with Crippen molar-refractivity contribution in [2.24, 2.45) is 0 Å². The average molecular weight is 488 g/mol. The summed E-state index contributed by atoms with van der Waals surface area (Å²) in [4.78, 5) is 15.4. The molecule has 0 aliphatic carbocycles. The third-order valence-electron chi connectivity index (χ3n) is 6.55. The molecule has 2 heterocycles. The minimum atomic E-state index is -0.536. The minimum absolute atomic E-state index is 0.116. The Kier molecular flexibility index (Phi) is 5.88. The number of aromatic hydroxyl groups is 1. The number of benzene rings is 3. The van der Waals surface area contributed by atoms with E-state index in [2.05, 4.69) is 10.2 Å². The number of methoxy groups -OCH3 is 2. The molecule has 4 aromatic rings. The van der Waals surface area contributed by atoms with Gasteiger partial charge in [-0.25, -0.2) is 4.39 Å². The lowest BCUT2D eigenvalue weighted by atomic mass is 9.93. The molecule has 1 atom stereocenters. The SMILES string of the molecule is COc1ccc(C2c3c(-c4cc(C)cc(C)c4O)n[nH]c3C(=O)N2Cc2ccc(F)cc2)cc1OC. The van der Waals surface area contributed by atoms with E-state index in [1.165, 1.54) is 12.1 Å². The lowest BCUT2D eigenvalue weighted by Crippen LogP contribution is -2.29. The standard InChI is InChI=1S/C28H26FN3O4/c1-15-11-16(2)27(33)20(12-15)24-23-25(31-30-24)28(34)32(14-17-5-8-19(29)9-6-17)26(23)18-7-10-21(35-3)22(13-18)36-4/h5-13,26,33H,14H2,1-4H3,(H,30,31). The molecule has 184 valence electrons. The van der Waals surface area contributed by atoms with Gasteiger partial charge in [-0.3, -0.25) is 9.89 Å². The van der Waals surface area contributed by atoms with Crippen LogP contribution in [0.2, 0.25) is 0 Å². The van der Waals surface area contributed by atoms with Crippen LogP contribution in [0.25, 0.3) is 11.3 Å². The van der Waals surface area contributed by atoms with E-state index >= 15 is 0 Å². The van der Waals surface area contributed by atoms with Gasteiger partial charge in [0.05, 0.1) is 20.3 Å². The maximum Gasteiger partial charge on any atom is 0.273 e. The van der Waals surface area contributed by atoms with Crippen molar-refractivity contribution in [3.8, 4) is 28.5 Å². The van der Waals surface area contributed by atoms with E-state index in [4.69, 9.17) is 9.47 Å². The van der Waals surface area contributed by atoms with Gasteiger partial charge in [0, 0.05) is 17.7 Å². The Morgan fingerprint density at radius 1 is 1.03 bits per heavy atom. The van der Waals surface area contributed by atoms with Crippen LogP contribution in [0.15, 0.2) is 54.6 Å². The Morgan fingerprint density at radius 2 is 1.75 bits per heavy atom. The molecule has 1 aromatic heterocycles. The number of nitrogens with zero attached hydrogens (tertiary/aromatic N) is 2. The molecule has 1 unspecified atom stereocenters. The molecule has 5 rings (SSSR count). The monoisotopic (exact) mass is 487 g/mol. The quantitative estimate of drug-likeness (QED) is 0.385. The Bertz CT molecular complexity index is 1460. The first-order chi connectivity index (χ1) is 17.3. The number of nitrogens with one attached hydrogen (secondary N) is 1. The number of halogens is 1. The second kappa shape index (κ2) is 9.03. The fraction of sp³-hybridized carbons (Fsp3) is 0.214. The van der Waals surface area contributed by atoms with Gasteiger partial charge in [-0.2, -0.15) is 5.10 Å². The molecule has 0 bridgehead atoms. The molecule has 0 radical (unpaired) electrons. The molecule has 0 saturated carbocycles. The highest BCUT2D eigenvalue weighted by molar-refractivity contribution is 6.00. The average Bonchev–Trinajstić information content (AvgIpc) is 3.41. The Labute approximate surface area is 208 Å². The number of H-pyrrole nitrogens is 1. The molecule has 0 saturated heterocycles. The minimum Gasteiger partial charge on any atom is -0.507 e. The predicted octanol–water partition coefficient (Wildman–Crippen LogP) is 5.30. The van der Waals surface area contributed by atoms with Crippen molar-refractivity contribution in [1.29, 1.82) is 0 Å². The van der Waals surface area contributed by atoms with Crippen LogP contribution >= 0.6 is 0 Å². The van der Waals surface area contributed by atoms with E-state index in [1.54, 1.807) is 37.3 Å². The number of amides is 1. The van der Waals surface area contributed by atoms with E-state index in [0.717, 1.165) is 22.3 Å². The number of hydrogen-bond acceptors (Lipinski definition) is 5. The van der Waals surface area contributed by atoms with Gasteiger partial charge < -0.3 is 19.5 Å². The molecule has 8 heteroatoms. The third-order valence-corrected chi connectivity index (χ3v) is 6.55. The number of aryl methyl sites for hydroxylation is 2. The lowest BCUT2D eigenvalue weighted by Gasteiger charge is -2.27. The van der Waals surface area contributed by atoms with Crippen molar-refractivity contribution < 1.29 is 23.8 Å². The highest BCUT2D eigenvalue weighted by Gasteiger charge is 2.43. The summed E-state index contributed by atoms with van der Waals surface area (Å²) in [5.41, 5.74) is 5.32.